The average Bonchev–Trinajstić information content (AvgIpc) is 2.30. The molecule has 100 valence electrons. The maximum absolute atomic E-state index is 11.7. The van der Waals surface area contributed by atoms with Crippen molar-refractivity contribution in [1.29, 1.82) is 0 Å². The first-order valence-corrected chi connectivity index (χ1v) is 6.58. The van der Waals surface area contributed by atoms with E-state index in [-0.39, 0.29) is 11.9 Å². The van der Waals surface area contributed by atoms with Gasteiger partial charge in [0.05, 0.1) is 6.04 Å². The zero-order valence-electron chi connectivity index (χ0n) is 11.6. The molecule has 0 bridgehead atoms. The number of carbonyl (C=O) groups excluding carboxylic acids is 1. The lowest BCUT2D eigenvalue weighted by Crippen LogP contribution is -2.42. The third-order valence-electron chi connectivity index (χ3n) is 2.90. The number of nitrogens with one attached hydrogen (secondary N) is 1. The van der Waals surface area contributed by atoms with Gasteiger partial charge in [-0.1, -0.05) is 43.7 Å². The van der Waals surface area contributed by atoms with E-state index in [4.69, 9.17) is 5.73 Å². The van der Waals surface area contributed by atoms with E-state index in [1.807, 2.05) is 0 Å². The minimum Gasteiger partial charge on any atom is -0.354 e. The number of aryl methyl sites for hydroxylation is 1. The van der Waals surface area contributed by atoms with E-state index in [9.17, 15) is 4.79 Å². The molecule has 0 heterocycles. The van der Waals surface area contributed by atoms with Crippen molar-refractivity contribution in [1.82, 2.24) is 5.32 Å². The zero-order chi connectivity index (χ0) is 13.5. The Balaban J connectivity index is 2.29. The Labute approximate surface area is 110 Å². The maximum atomic E-state index is 11.7. The Morgan fingerprint density at radius 3 is 2.44 bits per heavy atom. The molecule has 0 radical (unpaired) electrons. The van der Waals surface area contributed by atoms with Gasteiger partial charge in [-0.25, -0.2) is 0 Å². The molecule has 0 aliphatic carbocycles. The molecule has 0 aromatic heterocycles. The number of rotatable bonds is 6. The molecule has 1 atom stereocenters. The van der Waals surface area contributed by atoms with E-state index >= 15 is 0 Å². The van der Waals surface area contributed by atoms with Crippen LogP contribution in [0.1, 0.15) is 31.4 Å². The monoisotopic (exact) mass is 248 g/mol. The molecule has 0 fully saturated rings. The first kappa shape index (κ1) is 14.7. The Bertz CT molecular complexity index is 371. The van der Waals surface area contributed by atoms with Crippen molar-refractivity contribution in [2.24, 2.45) is 11.7 Å². The molecule has 18 heavy (non-hydrogen) atoms. The molecule has 1 aromatic carbocycles. The van der Waals surface area contributed by atoms with Crippen molar-refractivity contribution in [3.63, 3.8) is 0 Å². The summed E-state index contributed by atoms with van der Waals surface area (Å²) in [5.41, 5.74) is 8.29. The van der Waals surface area contributed by atoms with Crippen LogP contribution in [0.3, 0.4) is 0 Å². The summed E-state index contributed by atoms with van der Waals surface area (Å²) >= 11 is 0. The Morgan fingerprint density at radius 2 is 1.89 bits per heavy atom. The Morgan fingerprint density at radius 1 is 1.28 bits per heavy atom. The SMILES string of the molecule is Cc1ccc(CCNC(=O)C(N)CC(C)C)cc1. The minimum atomic E-state index is -0.386. The molecule has 3 N–H and O–H groups in total. The number of nitrogens with two attached hydrogens (primary N) is 1. The number of hydrogen-bond acceptors (Lipinski definition) is 2. The van der Waals surface area contributed by atoms with Crippen LogP contribution in [0.4, 0.5) is 0 Å². The van der Waals surface area contributed by atoms with Crippen LogP contribution in [0, 0.1) is 12.8 Å². The third-order valence-corrected chi connectivity index (χ3v) is 2.90. The summed E-state index contributed by atoms with van der Waals surface area (Å²) in [6.45, 7) is 6.85. The second-order valence-electron chi connectivity index (χ2n) is 5.26. The maximum Gasteiger partial charge on any atom is 0.236 e. The van der Waals surface area contributed by atoms with Crippen molar-refractivity contribution < 1.29 is 4.79 Å². The van der Waals surface area contributed by atoms with Crippen LogP contribution < -0.4 is 11.1 Å². The van der Waals surface area contributed by atoms with Crippen molar-refractivity contribution in [2.75, 3.05) is 6.54 Å². The van der Waals surface area contributed by atoms with Crippen molar-refractivity contribution >= 4 is 5.91 Å². The number of carbonyl (C=O) groups is 1. The van der Waals surface area contributed by atoms with Gasteiger partial charge in [0, 0.05) is 6.54 Å². The van der Waals surface area contributed by atoms with Crippen LogP contribution in [0.5, 0.6) is 0 Å². The minimum absolute atomic E-state index is 0.0455. The average molecular weight is 248 g/mol. The highest BCUT2D eigenvalue weighted by molar-refractivity contribution is 5.81. The predicted molar refractivity (Wildman–Crippen MR) is 75.3 cm³/mol. The van der Waals surface area contributed by atoms with Crippen LogP contribution in [-0.4, -0.2) is 18.5 Å². The van der Waals surface area contributed by atoms with E-state index in [0.717, 1.165) is 12.8 Å². The molecule has 1 rings (SSSR count). The lowest BCUT2D eigenvalue weighted by Gasteiger charge is -2.14. The highest BCUT2D eigenvalue weighted by atomic mass is 16.2. The normalized spacial score (nSPS) is 12.5. The van der Waals surface area contributed by atoms with Gasteiger partial charge in [0.25, 0.3) is 0 Å². The molecule has 0 spiro atoms. The predicted octanol–water partition coefficient (Wildman–Crippen LogP) is 2.03. The molecule has 0 saturated carbocycles. The van der Waals surface area contributed by atoms with Crippen molar-refractivity contribution in [3.05, 3.63) is 35.4 Å². The topological polar surface area (TPSA) is 55.1 Å². The van der Waals surface area contributed by atoms with Crippen molar-refractivity contribution in [2.45, 2.75) is 39.7 Å². The smallest absolute Gasteiger partial charge is 0.236 e. The summed E-state index contributed by atoms with van der Waals surface area (Å²) in [5.74, 6) is 0.402. The molecule has 3 nitrogen and oxygen atoms in total. The summed E-state index contributed by atoms with van der Waals surface area (Å²) in [6, 6.07) is 7.97. The van der Waals surface area contributed by atoms with E-state index in [1.54, 1.807) is 0 Å². The van der Waals surface area contributed by atoms with Crippen LogP contribution in [0.25, 0.3) is 0 Å². The van der Waals surface area contributed by atoms with Gasteiger partial charge in [-0.2, -0.15) is 0 Å². The summed E-state index contributed by atoms with van der Waals surface area (Å²) in [5, 5.41) is 2.89. The molecule has 1 unspecified atom stereocenters. The number of amides is 1. The van der Waals surface area contributed by atoms with Crippen molar-refractivity contribution in [3.8, 4) is 0 Å². The van der Waals surface area contributed by atoms with E-state index in [1.165, 1.54) is 11.1 Å². The van der Waals surface area contributed by atoms with E-state index < -0.39 is 0 Å². The van der Waals surface area contributed by atoms with Gasteiger partial charge in [-0.15, -0.1) is 0 Å². The van der Waals surface area contributed by atoms with E-state index in [0.29, 0.717) is 12.5 Å². The van der Waals surface area contributed by atoms with Gasteiger partial charge in [-0.05, 0) is 31.2 Å². The fourth-order valence-corrected chi connectivity index (χ4v) is 1.83. The molecular formula is C15H24N2O. The highest BCUT2D eigenvalue weighted by Gasteiger charge is 2.13. The Hall–Kier alpha value is -1.35. The van der Waals surface area contributed by atoms with Gasteiger partial charge in [0.1, 0.15) is 0 Å². The lowest BCUT2D eigenvalue weighted by molar-refractivity contribution is -0.122. The first-order chi connectivity index (χ1) is 8.49. The second-order valence-corrected chi connectivity index (χ2v) is 5.26. The molecule has 1 amide bonds. The quantitative estimate of drug-likeness (QED) is 0.809. The third kappa shape index (κ3) is 5.32. The highest BCUT2D eigenvalue weighted by Crippen LogP contribution is 2.04. The molecule has 1 aromatic rings. The van der Waals surface area contributed by atoms with Gasteiger partial charge < -0.3 is 11.1 Å². The van der Waals surface area contributed by atoms with Crippen LogP contribution >= 0.6 is 0 Å². The molecule has 3 heteroatoms. The summed E-state index contributed by atoms with van der Waals surface area (Å²) in [7, 11) is 0. The van der Waals surface area contributed by atoms with Gasteiger partial charge >= 0.3 is 0 Å². The number of hydrogen-bond donors (Lipinski definition) is 2. The largest absolute Gasteiger partial charge is 0.354 e. The zero-order valence-corrected chi connectivity index (χ0v) is 11.6. The molecular weight excluding hydrogens is 224 g/mol. The molecule has 0 aliphatic rings. The van der Waals surface area contributed by atoms with Gasteiger partial charge in [0.15, 0.2) is 0 Å². The lowest BCUT2D eigenvalue weighted by atomic mass is 10.0. The van der Waals surface area contributed by atoms with Gasteiger partial charge in [0.2, 0.25) is 5.91 Å². The number of benzene rings is 1. The molecule has 0 saturated heterocycles. The Kier molecular flexibility index (Phi) is 5.86. The summed E-state index contributed by atoms with van der Waals surface area (Å²) in [6.07, 6.45) is 1.58. The van der Waals surface area contributed by atoms with Gasteiger partial charge in [-0.3, -0.25) is 4.79 Å². The fourth-order valence-electron chi connectivity index (χ4n) is 1.83. The fraction of sp³-hybridized carbons (Fsp3) is 0.533. The summed E-state index contributed by atoms with van der Waals surface area (Å²) < 4.78 is 0. The summed E-state index contributed by atoms with van der Waals surface area (Å²) in [4.78, 5) is 11.7. The van der Waals surface area contributed by atoms with Crippen LogP contribution in [0.2, 0.25) is 0 Å². The second kappa shape index (κ2) is 7.17. The molecule has 0 aliphatic heterocycles. The van der Waals surface area contributed by atoms with Crippen LogP contribution in [0.15, 0.2) is 24.3 Å². The standard InChI is InChI=1S/C15H24N2O/c1-11(2)10-14(16)15(18)17-9-8-13-6-4-12(3)5-7-13/h4-7,11,14H,8-10,16H2,1-3H3,(H,17,18). The van der Waals surface area contributed by atoms with E-state index in [2.05, 4.69) is 50.4 Å². The van der Waals surface area contributed by atoms with Crippen LogP contribution in [-0.2, 0) is 11.2 Å². The first-order valence-electron chi connectivity index (χ1n) is 6.58.